The molecular weight excluding hydrogens is 240 g/mol. The first kappa shape index (κ1) is 13.1. The number of anilines is 2. The molecule has 2 aromatic rings. The fraction of sp³-hybridized carbons (Fsp3) is 0.286. The van der Waals surface area contributed by atoms with Crippen LogP contribution in [0.4, 0.5) is 11.6 Å². The first-order valence-corrected chi connectivity index (χ1v) is 6.25. The molecule has 100 valence electrons. The number of hydrogen-bond acceptors (Lipinski definition) is 3. The van der Waals surface area contributed by atoms with Crippen molar-refractivity contribution in [3.63, 3.8) is 0 Å². The van der Waals surface area contributed by atoms with Gasteiger partial charge in [-0.05, 0) is 19.1 Å². The molecule has 0 aliphatic rings. The van der Waals surface area contributed by atoms with Crippen LogP contribution in [0.3, 0.4) is 0 Å². The van der Waals surface area contributed by atoms with Crippen molar-refractivity contribution >= 4 is 17.5 Å². The lowest BCUT2D eigenvalue weighted by molar-refractivity contribution is -0.118. The van der Waals surface area contributed by atoms with Gasteiger partial charge in [-0.1, -0.05) is 18.2 Å². The van der Waals surface area contributed by atoms with Crippen LogP contribution in [0.2, 0.25) is 0 Å². The summed E-state index contributed by atoms with van der Waals surface area (Å²) in [6, 6.07) is 9.89. The highest BCUT2D eigenvalue weighted by atomic mass is 16.1. The van der Waals surface area contributed by atoms with Gasteiger partial charge >= 0.3 is 0 Å². The normalized spacial score (nSPS) is 10.2. The largest absolute Gasteiger partial charge is 0.355 e. The van der Waals surface area contributed by atoms with E-state index in [-0.39, 0.29) is 5.91 Å². The maximum Gasteiger partial charge on any atom is 0.216 e. The minimum Gasteiger partial charge on any atom is -0.355 e. The molecular formula is C14H18N4O. The zero-order valence-corrected chi connectivity index (χ0v) is 11.2. The van der Waals surface area contributed by atoms with E-state index in [1.165, 1.54) is 6.92 Å². The summed E-state index contributed by atoms with van der Waals surface area (Å²) in [6.45, 7) is 4.75. The molecule has 5 nitrogen and oxygen atoms in total. The molecule has 1 aromatic heterocycles. The Morgan fingerprint density at radius 1 is 1.32 bits per heavy atom. The third-order valence-corrected chi connectivity index (χ3v) is 2.65. The van der Waals surface area contributed by atoms with Gasteiger partial charge in [0.1, 0.15) is 0 Å². The second-order valence-corrected chi connectivity index (χ2v) is 4.37. The number of para-hydroxylation sites is 1. The van der Waals surface area contributed by atoms with Gasteiger partial charge in [0, 0.05) is 31.9 Å². The van der Waals surface area contributed by atoms with Gasteiger partial charge in [-0.25, -0.2) is 4.98 Å². The van der Waals surface area contributed by atoms with E-state index < -0.39 is 0 Å². The first-order valence-electron chi connectivity index (χ1n) is 6.25. The molecule has 2 rings (SSSR count). The van der Waals surface area contributed by atoms with E-state index in [1.54, 1.807) is 0 Å². The molecule has 0 aliphatic carbocycles. The number of carbonyl (C=O) groups excluding carboxylic acids is 1. The number of nitrogens with one attached hydrogen (secondary N) is 2. The van der Waals surface area contributed by atoms with Gasteiger partial charge < -0.3 is 15.2 Å². The Labute approximate surface area is 112 Å². The fourth-order valence-electron chi connectivity index (χ4n) is 1.82. The third kappa shape index (κ3) is 3.84. The zero-order valence-electron chi connectivity index (χ0n) is 11.2. The lowest BCUT2D eigenvalue weighted by Gasteiger charge is -2.09. The molecule has 1 amide bonds. The Hall–Kier alpha value is -2.30. The van der Waals surface area contributed by atoms with Gasteiger partial charge in [0.25, 0.3) is 0 Å². The number of hydrogen-bond donors (Lipinski definition) is 2. The van der Waals surface area contributed by atoms with Crippen LogP contribution in [0.5, 0.6) is 0 Å². The van der Waals surface area contributed by atoms with E-state index >= 15 is 0 Å². The van der Waals surface area contributed by atoms with Crippen molar-refractivity contribution in [2.24, 2.45) is 0 Å². The van der Waals surface area contributed by atoms with E-state index in [9.17, 15) is 4.79 Å². The first-order chi connectivity index (χ1) is 9.15. The van der Waals surface area contributed by atoms with Gasteiger partial charge in [-0.2, -0.15) is 0 Å². The number of benzene rings is 1. The molecule has 0 atom stereocenters. The summed E-state index contributed by atoms with van der Waals surface area (Å²) in [5, 5.41) is 6.05. The topological polar surface area (TPSA) is 59.0 Å². The predicted molar refractivity (Wildman–Crippen MR) is 75.4 cm³/mol. The molecule has 0 bridgehead atoms. The lowest BCUT2D eigenvalue weighted by Crippen LogP contribution is -2.24. The van der Waals surface area contributed by atoms with Crippen molar-refractivity contribution in [3.05, 3.63) is 42.2 Å². The number of aryl methyl sites for hydroxylation is 1. The maximum absolute atomic E-state index is 10.9. The molecule has 2 N–H and O–H groups in total. The molecule has 0 saturated heterocycles. The quantitative estimate of drug-likeness (QED) is 0.863. The smallest absolute Gasteiger partial charge is 0.216 e. The monoisotopic (exact) mass is 258 g/mol. The van der Waals surface area contributed by atoms with Crippen molar-refractivity contribution < 1.29 is 4.79 Å². The van der Waals surface area contributed by atoms with E-state index in [0.29, 0.717) is 13.1 Å². The van der Waals surface area contributed by atoms with Crippen molar-refractivity contribution in [1.82, 2.24) is 14.9 Å². The Kier molecular flexibility index (Phi) is 4.18. The molecule has 1 aromatic carbocycles. The number of carbonyl (C=O) groups is 1. The minimum atomic E-state index is -0.0191. The molecule has 0 fully saturated rings. The van der Waals surface area contributed by atoms with Crippen molar-refractivity contribution in [1.29, 1.82) is 0 Å². The SMILES string of the molecule is CC(=O)NCCn1cc(C)nc1Nc1ccccc1. The lowest BCUT2D eigenvalue weighted by atomic mass is 10.3. The van der Waals surface area contributed by atoms with Crippen molar-refractivity contribution in [2.75, 3.05) is 11.9 Å². The van der Waals surface area contributed by atoms with E-state index in [4.69, 9.17) is 0 Å². The number of imidazole rings is 1. The molecule has 0 saturated carbocycles. The summed E-state index contributed by atoms with van der Waals surface area (Å²) in [4.78, 5) is 15.3. The van der Waals surface area contributed by atoms with Crippen LogP contribution < -0.4 is 10.6 Å². The summed E-state index contributed by atoms with van der Waals surface area (Å²) in [7, 11) is 0. The molecule has 0 radical (unpaired) electrons. The molecule has 0 spiro atoms. The van der Waals surface area contributed by atoms with Crippen molar-refractivity contribution in [2.45, 2.75) is 20.4 Å². The van der Waals surface area contributed by atoms with Crippen LogP contribution in [-0.4, -0.2) is 22.0 Å². The number of nitrogens with zero attached hydrogens (tertiary/aromatic N) is 2. The Bertz CT molecular complexity index is 548. The second kappa shape index (κ2) is 6.04. The summed E-state index contributed by atoms with van der Waals surface area (Å²) in [5.74, 6) is 0.767. The van der Waals surface area contributed by atoms with E-state index in [0.717, 1.165) is 17.3 Å². The van der Waals surface area contributed by atoms with Crippen LogP contribution in [0, 0.1) is 6.92 Å². The second-order valence-electron chi connectivity index (χ2n) is 4.37. The molecule has 0 unspecified atom stereocenters. The Balaban J connectivity index is 2.05. The highest BCUT2D eigenvalue weighted by molar-refractivity contribution is 5.72. The average molecular weight is 258 g/mol. The molecule has 19 heavy (non-hydrogen) atoms. The average Bonchev–Trinajstić information content (AvgIpc) is 2.70. The van der Waals surface area contributed by atoms with Crippen molar-refractivity contribution in [3.8, 4) is 0 Å². The van der Waals surface area contributed by atoms with Crippen LogP contribution in [-0.2, 0) is 11.3 Å². The van der Waals surface area contributed by atoms with Gasteiger partial charge in [0.2, 0.25) is 11.9 Å². The summed E-state index contributed by atoms with van der Waals surface area (Å²) in [6.07, 6.45) is 1.97. The van der Waals surface area contributed by atoms with Gasteiger partial charge in [-0.15, -0.1) is 0 Å². The molecule has 5 heteroatoms. The van der Waals surface area contributed by atoms with Crippen LogP contribution >= 0.6 is 0 Å². The Morgan fingerprint density at radius 2 is 2.05 bits per heavy atom. The summed E-state index contributed by atoms with van der Waals surface area (Å²) < 4.78 is 2.00. The maximum atomic E-state index is 10.9. The van der Waals surface area contributed by atoms with E-state index in [1.807, 2.05) is 48.0 Å². The Morgan fingerprint density at radius 3 is 2.74 bits per heavy atom. The number of aromatic nitrogens is 2. The standard InChI is InChI=1S/C14H18N4O/c1-11-10-18(9-8-15-12(2)19)14(16-11)17-13-6-4-3-5-7-13/h3-7,10H,8-9H2,1-2H3,(H,15,19)(H,16,17). The van der Waals surface area contributed by atoms with Gasteiger partial charge in [-0.3, -0.25) is 4.79 Å². The number of rotatable bonds is 5. The zero-order chi connectivity index (χ0) is 13.7. The molecule has 0 aliphatic heterocycles. The highest BCUT2D eigenvalue weighted by Crippen LogP contribution is 2.15. The highest BCUT2D eigenvalue weighted by Gasteiger charge is 2.05. The fourth-order valence-corrected chi connectivity index (χ4v) is 1.82. The van der Waals surface area contributed by atoms with Crippen LogP contribution in [0.15, 0.2) is 36.5 Å². The van der Waals surface area contributed by atoms with Crippen LogP contribution in [0.1, 0.15) is 12.6 Å². The minimum absolute atomic E-state index is 0.0191. The third-order valence-electron chi connectivity index (χ3n) is 2.65. The summed E-state index contributed by atoms with van der Waals surface area (Å²) >= 11 is 0. The van der Waals surface area contributed by atoms with E-state index in [2.05, 4.69) is 15.6 Å². The summed E-state index contributed by atoms with van der Waals surface area (Å²) in [5.41, 5.74) is 1.94. The predicted octanol–water partition coefficient (Wildman–Crippen LogP) is 2.07. The van der Waals surface area contributed by atoms with Crippen LogP contribution in [0.25, 0.3) is 0 Å². The van der Waals surface area contributed by atoms with Gasteiger partial charge in [0.05, 0.1) is 5.69 Å². The molecule has 1 heterocycles. The van der Waals surface area contributed by atoms with Gasteiger partial charge in [0.15, 0.2) is 0 Å². The number of amides is 1.